The molecule has 0 atom stereocenters. The van der Waals surface area contributed by atoms with Gasteiger partial charge in [0.2, 0.25) is 0 Å². The van der Waals surface area contributed by atoms with Crippen molar-refractivity contribution in [3.8, 4) is 0 Å². The molecule has 0 aromatic heterocycles. The Bertz CT molecular complexity index is 198. The predicted octanol–water partition coefficient (Wildman–Crippen LogP) is 2.56. The minimum absolute atomic E-state index is 0.643. The Labute approximate surface area is 99.2 Å². The fourth-order valence-electron chi connectivity index (χ4n) is 2.46. The van der Waals surface area contributed by atoms with Crippen LogP contribution < -0.4 is 5.73 Å². The molecule has 1 aliphatic carbocycles. The molecule has 0 unspecified atom stereocenters. The molecule has 3 heteroatoms. The molecule has 1 aliphatic rings. The minimum Gasteiger partial charge on any atom is -0.393 e. The van der Waals surface area contributed by atoms with E-state index in [9.17, 15) is 0 Å². The molecule has 0 saturated heterocycles. The van der Waals surface area contributed by atoms with Crippen LogP contribution in [0.2, 0.25) is 0 Å². The third kappa shape index (κ3) is 4.47. The van der Waals surface area contributed by atoms with Crippen LogP contribution in [0.5, 0.6) is 0 Å². The van der Waals surface area contributed by atoms with Crippen LogP contribution in [0.25, 0.3) is 0 Å². The molecule has 0 aromatic carbocycles. The maximum absolute atomic E-state index is 5.52. The molecular formula is C12H24N2S. The summed E-state index contributed by atoms with van der Waals surface area (Å²) in [6.07, 6.45) is 7.72. The first kappa shape index (κ1) is 12.9. The zero-order valence-corrected chi connectivity index (χ0v) is 10.9. The van der Waals surface area contributed by atoms with Crippen LogP contribution in [0.15, 0.2) is 0 Å². The Balaban J connectivity index is 2.23. The van der Waals surface area contributed by atoms with Crippen molar-refractivity contribution < 1.29 is 0 Å². The van der Waals surface area contributed by atoms with Crippen molar-refractivity contribution in [2.45, 2.75) is 51.5 Å². The second kappa shape index (κ2) is 6.44. The van der Waals surface area contributed by atoms with Gasteiger partial charge in [0, 0.05) is 19.0 Å². The highest BCUT2D eigenvalue weighted by Crippen LogP contribution is 2.28. The maximum Gasteiger partial charge on any atom is 0.0740 e. The van der Waals surface area contributed by atoms with Crippen molar-refractivity contribution >= 4 is 17.2 Å². The van der Waals surface area contributed by atoms with Crippen molar-refractivity contribution in [1.82, 2.24) is 4.90 Å². The highest BCUT2D eigenvalue weighted by Gasteiger charge is 2.22. The van der Waals surface area contributed by atoms with E-state index in [2.05, 4.69) is 18.9 Å². The van der Waals surface area contributed by atoms with E-state index in [4.69, 9.17) is 18.0 Å². The largest absolute Gasteiger partial charge is 0.393 e. The van der Waals surface area contributed by atoms with Gasteiger partial charge in [-0.15, -0.1) is 0 Å². The van der Waals surface area contributed by atoms with E-state index in [1.165, 1.54) is 32.1 Å². The summed E-state index contributed by atoms with van der Waals surface area (Å²) in [6.45, 7) is 3.33. The molecule has 0 aromatic rings. The number of thiocarbonyl (C=S) groups is 1. The summed E-state index contributed by atoms with van der Waals surface area (Å²) in [7, 11) is 2.20. The van der Waals surface area contributed by atoms with E-state index in [-0.39, 0.29) is 0 Å². The molecule has 0 amide bonds. The molecule has 1 rings (SSSR count). The normalized spacial score (nSPS) is 26.9. The highest BCUT2D eigenvalue weighted by atomic mass is 32.1. The third-order valence-corrected chi connectivity index (χ3v) is 3.93. The van der Waals surface area contributed by atoms with Gasteiger partial charge in [0.15, 0.2) is 0 Å². The lowest BCUT2D eigenvalue weighted by Gasteiger charge is -2.34. The molecule has 0 spiro atoms. The fourth-order valence-corrected chi connectivity index (χ4v) is 2.55. The first-order valence-electron chi connectivity index (χ1n) is 6.12. The molecule has 0 aliphatic heterocycles. The van der Waals surface area contributed by atoms with Gasteiger partial charge in [0.1, 0.15) is 0 Å². The van der Waals surface area contributed by atoms with Crippen molar-refractivity contribution in [2.75, 3.05) is 13.6 Å². The zero-order valence-electron chi connectivity index (χ0n) is 10.0. The summed E-state index contributed by atoms with van der Waals surface area (Å²) >= 11 is 4.90. The second-order valence-corrected chi connectivity index (χ2v) is 5.30. The highest BCUT2D eigenvalue weighted by molar-refractivity contribution is 7.80. The van der Waals surface area contributed by atoms with Gasteiger partial charge >= 0.3 is 0 Å². The van der Waals surface area contributed by atoms with Crippen LogP contribution in [0, 0.1) is 5.92 Å². The number of hydrogen-bond acceptors (Lipinski definition) is 2. The lowest BCUT2D eigenvalue weighted by Crippen LogP contribution is -2.36. The van der Waals surface area contributed by atoms with Crippen molar-refractivity contribution in [3.05, 3.63) is 0 Å². The van der Waals surface area contributed by atoms with Crippen molar-refractivity contribution in [3.63, 3.8) is 0 Å². The predicted molar refractivity (Wildman–Crippen MR) is 70.1 cm³/mol. The number of nitrogens with zero attached hydrogens (tertiary/aromatic N) is 1. The van der Waals surface area contributed by atoms with Crippen molar-refractivity contribution in [1.29, 1.82) is 0 Å². The first-order chi connectivity index (χ1) is 7.13. The quantitative estimate of drug-likeness (QED) is 0.733. The maximum atomic E-state index is 5.52. The topological polar surface area (TPSA) is 29.3 Å². The fraction of sp³-hybridized carbons (Fsp3) is 0.917. The molecular weight excluding hydrogens is 204 g/mol. The Kier molecular flexibility index (Phi) is 5.54. The summed E-state index contributed by atoms with van der Waals surface area (Å²) in [5, 5.41) is 0. The Morgan fingerprint density at radius 3 is 2.40 bits per heavy atom. The van der Waals surface area contributed by atoms with Crippen molar-refractivity contribution in [2.24, 2.45) is 11.7 Å². The number of hydrogen-bond donors (Lipinski definition) is 1. The second-order valence-electron chi connectivity index (χ2n) is 4.78. The Morgan fingerprint density at radius 1 is 1.33 bits per heavy atom. The monoisotopic (exact) mass is 228 g/mol. The van der Waals surface area contributed by atoms with Crippen LogP contribution >= 0.6 is 12.2 Å². The Hall–Kier alpha value is -0.150. The number of rotatable bonds is 5. The summed E-state index contributed by atoms with van der Waals surface area (Å²) in [5.41, 5.74) is 5.52. The van der Waals surface area contributed by atoms with Gasteiger partial charge in [-0.25, -0.2) is 0 Å². The SMILES string of the molecule is CCC1CCC(N(C)CCC(N)=S)CC1. The van der Waals surface area contributed by atoms with E-state index in [0.717, 1.165) is 24.9 Å². The Morgan fingerprint density at radius 2 is 1.93 bits per heavy atom. The van der Waals surface area contributed by atoms with E-state index in [0.29, 0.717) is 4.99 Å². The molecule has 15 heavy (non-hydrogen) atoms. The lowest BCUT2D eigenvalue weighted by atomic mass is 9.84. The van der Waals surface area contributed by atoms with E-state index in [1.54, 1.807) is 0 Å². The van der Waals surface area contributed by atoms with Gasteiger partial charge in [-0.2, -0.15) is 0 Å². The van der Waals surface area contributed by atoms with Gasteiger partial charge in [-0.05, 0) is 38.6 Å². The van der Waals surface area contributed by atoms with Crippen LogP contribution in [0.3, 0.4) is 0 Å². The van der Waals surface area contributed by atoms with Gasteiger partial charge in [0.05, 0.1) is 4.99 Å². The van der Waals surface area contributed by atoms with E-state index < -0.39 is 0 Å². The van der Waals surface area contributed by atoms with Gasteiger partial charge < -0.3 is 10.6 Å². The van der Waals surface area contributed by atoms with Gasteiger partial charge in [0.25, 0.3) is 0 Å². The summed E-state index contributed by atoms with van der Waals surface area (Å²) in [4.78, 5) is 3.08. The smallest absolute Gasteiger partial charge is 0.0740 e. The van der Waals surface area contributed by atoms with E-state index >= 15 is 0 Å². The molecule has 88 valence electrons. The average Bonchev–Trinajstić information content (AvgIpc) is 2.26. The zero-order chi connectivity index (χ0) is 11.3. The molecule has 2 nitrogen and oxygen atoms in total. The van der Waals surface area contributed by atoms with Crippen LogP contribution in [0.4, 0.5) is 0 Å². The van der Waals surface area contributed by atoms with Crippen LogP contribution in [-0.4, -0.2) is 29.5 Å². The average molecular weight is 228 g/mol. The molecule has 0 bridgehead atoms. The molecule has 0 radical (unpaired) electrons. The third-order valence-electron chi connectivity index (χ3n) is 3.73. The summed E-state index contributed by atoms with van der Waals surface area (Å²) in [5.74, 6) is 0.977. The van der Waals surface area contributed by atoms with E-state index in [1.807, 2.05) is 0 Å². The lowest BCUT2D eigenvalue weighted by molar-refractivity contribution is 0.167. The van der Waals surface area contributed by atoms with Gasteiger partial charge in [-0.1, -0.05) is 25.6 Å². The summed E-state index contributed by atoms with van der Waals surface area (Å²) in [6, 6.07) is 0.766. The van der Waals surface area contributed by atoms with Crippen LogP contribution in [-0.2, 0) is 0 Å². The molecule has 1 fully saturated rings. The molecule has 1 saturated carbocycles. The molecule has 0 heterocycles. The standard InChI is InChI=1S/C12H24N2S/c1-3-10-4-6-11(7-5-10)14(2)9-8-12(13)15/h10-11H,3-9H2,1-2H3,(H2,13,15). The van der Waals surface area contributed by atoms with Gasteiger partial charge in [-0.3, -0.25) is 0 Å². The number of nitrogens with two attached hydrogens (primary N) is 1. The summed E-state index contributed by atoms with van der Waals surface area (Å²) < 4.78 is 0. The minimum atomic E-state index is 0.643. The first-order valence-corrected chi connectivity index (χ1v) is 6.52. The van der Waals surface area contributed by atoms with Crippen LogP contribution in [0.1, 0.15) is 45.4 Å². The molecule has 2 N–H and O–H groups in total.